The fraction of sp³-hybridized carbons (Fsp3) is 0.333. The Morgan fingerprint density at radius 2 is 2.12 bits per heavy atom. The largest absolute Gasteiger partial charge is 0.509 e. The van der Waals surface area contributed by atoms with Crippen LogP contribution in [0.4, 0.5) is 4.79 Å². The minimum absolute atomic E-state index is 0.147. The van der Waals surface area contributed by atoms with Gasteiger partial charge in [-0.25, -0.2) is 4.79 Å². The van der Waals surface area contributed by atoms with Crippen LogP contribution in [0.1, 0.15) is 12.0 Å². The molecule has 0 bridgehead atoms. The van der Waals surface area contributed by atoms with Crippen LogP contribution in [0.5, 0.6) is 0 Å². The number of amides is 1. The smallest absolute Gasteiger partial charge is 0.429 e. The second-order valence-electron chi connectivity index (χ2n) is 3.71. The Labute approximate surface area is 98.7 Å². The van der Waals surface area contributed by atoms with Gasteiger partial charge >= 0.3 is 6.16 Å². The van der Waals surface area contributed by atoms with E-state index in [1.165, 1.54) is 0 Å². The zero-order chi connectivity index (χ0) is 12.1. The van der Waals surface area contributed by atoms with Crippen molar-refractivity contribution in [3.63, 3.8) is 0 Å². The van der Waals surface area contributed by atoms with Crippen molar-refractivity contribution in [2.75, 3.05) is 6.54 Å². The average Bonchev–Trinajstić information content (AvgIpc) is 2.74. The fourth-order valence-electron chi connectivity index (χ4n) is 1.55. The van der Waals surface area contributed by atoms with E-state index in [0.29, 0.717) is 13.0 Å². The summed E-state index contributed by atoms with van der Waals surface area (Å²) < 4.78 is 9.77. The number of benzene rings is 1. The molecule has 1 aliphatic heterocycles. The third-order valence-corrected chi connectivity index (χ3v) is 2.44. The topological polar surface area (TPSA) is 64.6 Å². The molecule has 1 fully saturated rings. The van der Waals surface area contributed by atoms with Crippen LogP contribution in [-0.2, 0) is 20.9 Å². The third-order valence-electron chi connectivity index (χ3n) is 2.44. The van der Waals surface area contributed by atoms with Crippen LogP contribution in [0, 0.1) is 0 Å². The van der Waals surface area contributed by atoms with Crippen molar-refractivity contribution in [1.29, 1.82) is 0 Å². The molecule has 1 aromatic rings. The summed E-state index contributed by atoms with van der Waals surface area (Å²) in [4.78, 5) is 22.4. The Bertz CT molecular complexity index is 404. The van der Waals surface area contributed by atoms with Gasteiger partial charge in [-0.15, -0.1) is 0 Å². The first-order valence-electron chi connectivity index (χ1n) is 5.41. The van der Waals surface area contributed by atoms with Crippen molar-refractivity contribution in [3.05, 3.63) is 35.9 Å². The van der Waals surface area contributed by atoms with Gasteiger partial charge in [-0.05, 0) is 5.56 Å². The molecule has 0 aromatic heterocycles. The molecule has 1 aliphatic rings. The number of nitrogens with one attached hydrogen (secondary N) is 1. The molecular formula is C12H13NO4. The summed E-state index contributed by atoms with van der Waals surface area (Å²) in [5, 5.41) is 2.58. The van der Waals surface area contributed by atoms with E-state index in [9.17, 15) is 9.59 Å². The number of hydrogen-bond acceptors (Lipinski definition) is 4. The van der Waals surface area contributed by atoms with Crippen LogP contribution in [0.15, 0.2) is 30.3 Å². The summed E-state index contributed by atoms with van der Waals surface area (Å²) in [7, 11) is 0. The highest BCUT2D eigenvalue weighted by Crippen LogP contribution is 2.07. The second-order valence-corrected chi connectivity index (χ2v) is 3.71. The van der Waals surface area contributed by atoms with Gasteiger partial charge in [0, 0.05) is 13.0 Å². The molecule has 1 atom stereocenters. The van der Waals surface area contributed by atoms with E-state index in [2.05, 4.69) is 5.32 Å². The van der Waals surface area contributed by atoms with Crippen LogP contribution in [-0.4, -0.2) is 24.7 Å². The summed E-state index contributed by atoms with van der Waals surface area (Å²) in [6.45, 7) is 0.684. The molecule has 2 rings (SSSR count). The average molecular weight is 235 g/mol. The molecule has 90 valence electrons. The molecule has 1 unspecified atom stereocenters. The van der Waals surface area contributed by atoms with Gasteiger partial charge in [0.05, 0.1) is 0 Å². The lowest BCUT2D eigenvalue weighted by atomic mass is 10.2. The number of rotatable bonds is 3. The summed E-state index contributed by atoms with van der Waals surface area (Å²) in [6, 6.07) is 9.28. The molecule has 5 nitrogen and oxygen atoms in total. The summed E-state index contributed by atoms with van der Waals surface area (Å²) >= 11 is 0. The number of carbonyl (C=O) groups excluding carboxylic acids is 2. The van der Waals surface area contributed by atoms with E-state index in [-0.39, 0.29) is 12.5 Å². The molecule has 0 saturated carbocycles. The van der Waals surface area contributed by atoms with Crippen LogP contribution >= 0.6 is 0 Å². The van der Waals surface area contributed by atoms with Crippen molar-refractivity contribution >= 4 is 12.1 Å². The lowest BCUT2D eigenvalue weighted by molar-refractivity contribution is -0.127. The monoisotopic (exact) mass is 235 g/mol. The molecule has 17 heavy (non-hydrogen) atoms. The fourth-order valence-corrected chi connectivity index (χ4v) is 1.55. The Kier molecular flexibility index (Phi) is 3.59. The minimum Gasteiger partial charge on any atom is -0.429 e. The first-order chi connectivity index (χ1) is 8.25. The minimum atomic E-state index is -0.809. The summed E-state index contributed by atoms with van der Waals surface area (Å²) in [5.74, 6) is -0.262. The predicted molar refractivity (Wildman–Crippen MR) is 59.1 cm³/mol. The molecule has 0 spiro atoms. The van der Waals surface area contributed by atoms with Gasteiger partial charge in [-0.3, -0.25) is 4.79 Å². The Hall–Kier alpha value is -2.04. The van der Waals surface area contributed by atoms with Crippen molar-refractivity contribution in [1.82, 2.24) is 5.32 Å². The Morgan fingerprint density at radius 1 is 1.35 bits per heavy atom. The van der Waals surface area contributed by atoms with E-state index in [4.69, 9.17) is 9.47 Å². The van der Waals surface area contributed by atoms with E-state index in [1.54, 1.807) is 0 Å². The molecule has 1 heterocycles. The van der Waals surface area contributed by atoms with Crippen molar-refractivity contribution in [2.24, 2.45) is 0 Å². The molecule has 1 N–H and O–H groups in total. The van der Waals surface area contributed by atoms with Gasteiger partial charge in [-0.1, -0.05) is 30.3 Å². The highest BCUT2D eigenvalue weighted by molar-refractivity contribution is 5.84. The number of ether oxygens (including phenoxy) is 2. The van der Waals surface area contributed by atoms with Crippen molar-refractivity contribution < 1.29 is 19.1 Å². The predicted octanol–water partition coefficient (Wildman–Crippen LogP) is 1.23. The normalized spacial score (nSPS) is 18.6. The van der Waals surface area contributed by atoms with Gasteiger partial charge in [0.2, 0.25) is 0 Å². The molecule has 1 aromatic carbocycles. The van der Waals surface area contributed by atoms with Crippen LogP contribution in [0.25, 0.3) is 0 Å². The highest BCUT2D eigenvalue weighted by atomic mass is 16.7. The van der Waals surface area contributed by atoms with E-state index < -0.39 is 12.3 Å². The first-order valence-corrected chi connectivity index (χ1v) is 5.41. The quantitative estimate of drug-likeness (QED) is 0.800. The van der Waals surface area contributed by atoms with Crippen molar-refractivity contribution in [3.8, 4) is 0 Å². The van der Waals surface area contributed by atoms with Crippen LogP contribution in [0.2, 0.25) is 0 Å². The van der Waals surface area contributed by atoms with Crippen LogP contribution in [0.3, 0.4) is 0 Å². The van der Waals surface area contributed by atoms with Gasteiger partial charge in [0.15, 0.2) is 6.10 Å². The molecular weight excluding hydrogens is 222 g/mol. The lowest BCUT2D eigenvalue weighted by Gasteiger charge is -2.09. The van der Waals surface area contributed by atoms with Crippen LogP contribution < -0.4 is 5.32 Å². The zero-order valence-electron chi connectivity index (χ0n) is 9.22. The SMILES string of the molecule is O=C(OCc1ccccc1)OC1CCNC1=O. The number of carbonyl (C=O) groups is 2. The van der Waals surface area contributed by atoms with Gasteiger partial charge in [0.1, 0.15) is 6.61 Å². The van der Waals surface area contributed by atoms with Gasteiger partial charge in [-0.2, -0.15) is 0 Å². The summed E-state index contributed by atoms with van der Waals surface area (Å²) in [6.07, 6.45) is -1.02. The first kappa shape index (κ1) is 11.4. The maximum atomic E-state index is 11.3. The molecule has 0 aliphatic carbocycles. The molecule has 1 saturated heterocycles. The Morgan fingerprint density at radius 3 is 2.76 bits per heavy atom. The molecule has 1 amide bonds. The van der Waals surface area contributed by atoms with Gasteiger partial charge in [0.25, 0.3) is 5.91 Å². The second kappa shape index (κ2) is 5.34. The van der Waals surface area contributed by atoms with Gasteiger partial charge < -0.3 is 14.8 Å². The zero-order valence-corrected chi connectivity index (χ0v) is 9.22. The number of hydrogen-bond donors (Lipinski definition) is 1. The third kappa shape index (κ3) is 3.21. The highest BCUT2D eigenvalue weighted by Gasteiger charge is 2.28. The van der Waals surface area contributed by atoms with Crippen molar-refractivity contribution in [2.45, 2.75) is 19.1 Å². The van der Waals surface area contributed by atoms with E-state index in [0.717, 1.165) is 5.56 Å². The summed E-state index contributed by atoms with van der Waals surface area (Å²) in [5.41, 5.74) is 0.875. The van der Waals surface area contributed by atoms with E-state index >= 15 is 0 Å². The maximum Gasteiger partial charge on any atom is 0.509 e. The standard InChI is InChI=1S/C12H13NO4/c14-11-10(6-7-13-11)17-12(15)16-8-9-4-2-1-3-5-9/h1-5,10H,6-8H2,(H,13,14). The molecule has 5 heteroatoms. The van der Waals surface area contributed by atoms with E-state index in [1.807, 2.05) is 30.3 Å². The molecule has 0 radical (unpaired) electrons. The lowest BCUT2D eigenvalue weighted by Crippen LogP contribution is -2.27. The maximum absolute atomic E-state index is 11.3. The Balaban J connectivity index is 1.76.